The third-order valence-electron chi connectivity index (χ3n) is 3.27. The Hall–Kier alpha value is -1.72. The zero-order valence-corrected chi connectivity index (χ0v) is 15.3. The molecule has 0 unspecified atom stereocenters. The minimum Gasteiger partial charge on any atom is -0.487 e. The van der Waals surface area contributed by atoms with Crippen molar-refractivity contribution in [2.45, 2.75) is 22.3 Å². The maximum absolute atomic E-state index is 12.1. The first-order chi connectivity index (χ1) is 11.5. The van der Waals surface area contributed by atoms with E-state index in [-0.39, 0.29) is 4.21 Å². The summed E-state index contributed by atoms with van der Waals surface area (Å²) in [6.07, 6.45) is 2.50. The number of amides is 2. The second-order valence-corrected chi connectivity index (χ2v) is 8.96. The molecular formula is C13H16N4O4S3. The van der Waals surface area contributed by atoms with Gasteiger partial charge in [0, 0.05) is 31.5 Å². The van der Waals surface area contributed by atoms with Crippen molar-refractivity contribution in [1.82, 2.24) is 19.6 Å². The highest BCUT2D eigenvalue weighted by Gasteiger charge is 2.20. The van der Waals surface area contributed by atoms with E-state index in [1.807, 2.05) is 10.9 Å². The molecule has 0 radical (unpaired) electrons. The zero-order chi connectivity index (χ0) is 17.2. The number of hydrogen-bond acceptors (Lipinski definition) is 7. The van der Waals surface area contributed by atoms with Gasteiger partial charge in [0.1, 0.15) is 4.21 Å². The van der Waals surface area contributed by atoms with Crippen LogP contribution in [0.2, 0.25) is 0 Å². The van der Waals surface area contributed by atoms with E-state index in [9.17, 15) is 13.2 Å². The van der Waals surface area contributed by atoms with Gasteiger partial charge in [0.05, 0.1) is 12.8 Å². The van der Waals surface area contributed by atoms with Gasteiger partial charge in [0.2, 0.25) is 0 Å². The van der Waals surface area contributed by atoms with Crippen LogP contribution in [-0.4, -0.2) is 43.4 Å². The lowest BCUT2D eigenvalue weighted by molar-refractivity contribution is 0.246. The third kappa shape index (κ3) is 3.84. The molecule has 2 aromatic heterocycles. The standard InChI is InChI=1S/C13H16N4O4S3/c1-21-10-2-3-11(23-10)24(19,20)16-12(18)14-5-4-9-8-17-6-7-22-13(17)15-9/h2-3,8H,4-7H2,1H3,(H2,14,16,18). The Morgan fingerprint density at radius 1 is 1.46 bits per heavy atom. The molecule has 2 N–H and O–H groups in total. The lowest BCUT2D eigenvalue weighted by atomic mass is 10.3. The van der Waals surface area contributed by atoms with Gasteiger partial charge in [0.15, 0.2) is 10.2 Å². The van der Waals surface area contributed by atoms with Crippen molar-refractivity contribution in [3.8, 4) is 5.06 Å². The smallest absolute Gasteiger partial charge is 0.328 e. The highest BCUT2D eigenvalue weighted by molar-refractivity contribution is 7.99. The number of rotatable bonds is 6. The van der Waals surface area contributed by atoms with Crippen LogP contribution in [0.5, 0.6) is 5.06 Å². The molecule has 11 heteroatoms. The van der Waals surface area contributed by atoms with Gasteiger partial charge < -0.3 is 14.6 Å². The van der Waals surface area contributed by atoms with Gasteiger partial charge in [-0.05, 0) is 12.1 Å². The number of carbonyl (C=O) groups is 1. The van der Waals surface area contributed by atoms with E-state index in [0.29, 0.717) is 18.0 Å². The van der Waals surface area contributed by atoms with Crippen molar-refractivity contribution in [3.05, 3.63) is 24.0 Å². The number of methoxy groups -OCH3 is 1. The third-order valence-corrected chi connectivity index (χ3v) is 7.11. The summed E-state index contributed by atoms with van der Waals surface area (Å²) in [7, 11) is -2.44. The first-order valence-electron chi connectivity index (χ1n) is 7.11. The van der Waals surface area contributed by atoms with Gasteiger partial charge in [0.25, 0.3) is 10.0 Å². The number of thiophene rings is 1. The van der Waals surface area contributed by atoms with E-state index in [1.54, 1.807) is 11.8 Å². The Morgan fingerprint density at radius 3 is 3.00 bits per heavy atom. The maximum Gasteiger partial charge on any atom is 0.328 e. The Kier molecular flexibility index (Phi) is 5.01. The Balaban J connectivity index is 1.49. The van der Waals surface area contributed by atoms with Gasteiger partial charge in [-0.25, -0.2) is 22.9 Å². The molecule has 8 nitrogen and oxygen atoms in total. The fourth-order valence-corrected chi connectivity index (χ4v) is 5.14. The molecule has 1 aliphatic rings. The molecule has 2 amide bonds. The molecule has 0 saturated carbocycles. The average Bonchev–Trinajstić information content (AvgIpc) is 3.22. The minimum absolute atomic E-state index is 0.0250. The molecule has 24 heavy (non-hydrogen) atoms. The highest BCUT2D eigenvalue weighted by Crippen LogP contribution is 2.27. The van der Waals surface area contributed by atoms with Crippen LogP contribution >= 0.6 is 23.1 Å². The molecule has 0 spiro atoms. The fourth-order valence-electron chi connectivity index (χ4n) is 2.15. The van der Waals surface area contributed by atoms with Crippen LogP contribution in [0.15, 0.2) is 27.7 Å². The van der Waals surface area contributed by atoms with Gasteiger partial charge in [-0.3, -0.25) is 0 Å². The Morgan fingerprint density at radius 2 is 2.29 bits per heavy atom. The van der Waals surface area contributed by atoms with Crippen molar-refractivity contribution >= 4 is 39.2 Å². The monoisotopic (exact) mass is 388 g/mol. The lowest BCUT2D eigenvalue weighted by Gasteiger charge is -2.06. The van der Waals surface area contributed by atoms with Crippen molar-refractivity contribution < 1.29 is 17.9 Å². The van der Waals surface area contributed by atoms with Crippen molar-refractivity contribution in [3.63, 3.8) is 0 Å². The first kappa shape index (κ1) is 17.1. The number of nitrogens with zero attached hydrogens (tertiary/aromatic N) is 2. The normalized spacial score (nSPS) is 13.5. The number of nitrogens with one attached hydrogen (secondary N) is 2. The quantitative estimate of drug-likeness (QED) is 0.773. The van der Waals surface area contributed by atoms with Gasteiger partial charge >= 0.3 is 6.03 Å². The molecule has 0 atom stereocenters. The summed E-state index contributed by atoms with van der Waals surface area (Å²) in [6, 6.07) is 2.17. The molecule has 130 valence electrons. The molecule has 0 aliphatic carbocycles. The van der Waals surface area contributed by atoms with Gasteiger partial charge in [-0.1, -0.05) is 23.1 Å². The van der Waals surface area contributed by atoms with Crippen LogP contribution in [0.1, 0.15) is 5.69 Å². The lowest BCUT2D eigenvalue weighted by Crippen LogP contribution is -2.39. The summed E-state index contributed by atoms with van der Waals surface area (Å²) < 4.78 is 33.2. The molecular weight excluding hydrogens is 372 g/mol. The molecule has 3 rings (SSSR count). The summed E-state index contributed by atoms with van der Waals surface area (Å²) in [4.78, 5) is 16.2. The molecule has 0 saturated heterocycles. The van der Waals surface area contributed by atoms with Crippen LogP contribution in [0.3, 0.4) is 0 Å². The number of ether oxygens (including phenoxy) is 1. The SMILES string of the molecule is COc1ccc(S(=O)(=O)NC(=O)NCCc2cn3c(n2)SCC3)s1. The largest absolute Gasteiger partial charge is 0.487 e. The van der Waals surface area contributed by atoms with Crippen molar-refractivity contribution in [2.75, 3.05) is 19.4 Å². The Bertz CT molecular complexity index is 822. The van der Waals surface area contributed by atoms with Crippen molar-refractivity contribution in [2.24, 2.45) is 0 Å². The highest BCUT2D eigenvalue weighted by atomic mass is 32.2. The number of sulfonamides is 1. The van der Waals surface area contributed by atoms with Crippen molar-refractivity contribution in [1.29, 1.82) is 0 Å². The molecule has 0 bridgehead atoms. The predicted molar refractivity (Wildman–Crippen MR) is 91.2 cm³/mol. The number of aryl methyl sites for hydroxylation is 1. The molecule has 1 aliphatic heterocycles. The van der Waals surface area contributed by atoms with Crippen LogP contribution < -0.4 is 14.8 Å². The van der Waals surface area contributed by atoms with E-state index >= 15 is 0 Å². The number of imidazole rings is 1. The maximum atomic E-state index is 12.1. The molecule has 0 fully saturated rings. The number of carbonyl (C=O) groups excluding carboxylic acids is 1. The Labute approximate surface area is 147 Å². The fraction of sp³-hybridized carbons (Fsp3) is 0.385. The molecule has 3 heterocycles. The summed E-state index contributed by atoms with van der Waals surface area (Å²) in [5, 5.41) is 3.98. The topological polar surface area (TPSA) is 102 Å². The van der Waals surface area contributed by atoms with E-state index in [0.717, 1.165) is 34.5 Å². The number of thioether (sulfide) groups is 1. The minimum atomic E-state index is -3.89. The van der Waals surface area contributed by atoms with Gasteiger partial charge in [-0.15, -0.1) is 0 Å². The van der Waals surface area contributed by atoms with Crippen LogP contribution in [-0.2, 0) is 23.0 Å². The number of fused-ring (bicyclic) bond motifs is 1. The van der Waals surface area contributed by atoms with E-state index in [1.165, 1.54) is 19.2 Å². The first-order valence-corrected chi connectivity index (χ1v) is 10.4. The average molecular weight is 388 g/mol. The van der Waals surface area contributed by atoms with E-state index < -0.39 is 16.1 Å². The second-order valence-electron chi connectivity index (χ2n) is 4.95. The number of aromatic nitrogens is 2. The summed E-state index contributed by atoms with van der Waals surface area (Å²) >= 11 is 2.65. The van der Waals surface area contributed by atoms with Crippen LogP contribution in [0, 0.1) is 0 Å². The number of hydrogen-bond donors (Lipinski definition) is 2. The molecule has 2 aromatic rings. The summed E-state index contributed by atoms with van der Waals surface area (Å²) in [6.45, 7) is 1.25. The van der Waals surface area contributed by atoms with Gasteiger partial charge in [-0.2, -0.15) is 0 Å². The van der Waals surface area contributed by atoms with Crippen LogP contribution in [0.4, 0.5) is 4.79 Å². The van der Waals surface area contributed by atoms with E-state index in [4.69, 9.17) is 4.74 Å². The predicted octanol–water partition coefficient (Wildman–Crippen LogP) is 1.29. The molecule has 0 aromatic carbocycles. The summed E-state index contributed by atoms with van der Waals surface area (Å²) in [5.74, 6) is 1.04. The van der Waals surface area contributed by atoms with Crippen LogP contribution in [0.25, 0.3) is 0 Å². The number of urea groups is 1. The second kappa shape index (κ2) is 7.03. The van der Waals surface area contributed by atoms with E-state index in [2.05, 4.69) is 14.9 Å². The summed E-state index contributed by atoms with van der Waals surface area (Å²) in [5.41, 5.74) is 0.878. The zero-order valence-electron chi connectivity index (χ0n) is 12.8.